The lowest BCUT2D eigenvalue weighted by Gasteiger charge is -2.17. The lowest BCUT2D eigenvalue weighted by Crippen LogP contribution is -2.15. The minimum atomic E-state index is -0.0893. The quantitative estimate of drug-likeness (QED) is 0.912. The molecule has 0 amide bonds. The third kappa shape index (κ3) is 3.66. The first-order valence-electron chi connectivity index (χ1n) is 6.44. The van der Waals surface area contributed by atoms with E-state index in [2.05, 4.69) is 17.0 Å². The van der Waals surface area contributed by atoms with Crippen LogP contribution in [-0.4, -0.2) is 14.1 Å². The molecule has 2 aromatic rings. The van der Waals surface area contributed by atoms with Gasteiger partial charge in [-0.25, -0.2) is 0 Å². The molecule has 0 spiro atoms. The van der Waals surface area contributed by atoms with Gasteiger partial charge in [0, 0.05) is 35.9 Å². The van der Waals surface area contributed by atoms with Crippen molar-refractivity contribution < 1.29 is 0 Å². The molecule has 1 unspecified atom stereocenters. The van der Waals surface area contributed by atoms with Crippen molar-refractivity contribution in [3.63, 3.8) is 0 Å². The van der Waals surface area contributed by atoms with Crippen molar-refractivity contribution in [2.24, 2.45) is 5.73 Å². The lowest BCUT2D eigenvalue weighted by molar-refractivity contribution is 0.722. The first-order valence-corrected chi connectivity index (χ1v) is 7.20. The highest BCUT2D eigenvalue weighted by Gasteiger charge is 2.11. The van der Waals surface area contributed by atoms with Gasteiger partial charge < -0.3 is 10.6 Å². The van der Waals surface area contributed by atoms with E-state index in [1.165, 1.54) is 0 Å². The van der Waals surface area contributed by atoms with Crippen LogP contribution in [0.2, 0.25) is 10.0 Å². The molecule has 0 saturated carbocycles. The van der Waals surface area contributed by atoms with Gasteiger partial charge in [-0.1, -0.05) is 41.4 Å². The second kappa shape index (κ2) is 6.49. The first kappa shape index (κ1) is 15.2. The maximum absolute atomic E-state index is 6.29. The number of halogens is 2. The fraction of sp³-hybridized carbons (Fsp3) is 0.250. The van der Waals surface area contributed by atoms with Crippen LogP contribution >= 0.6 is 23.2 Å². The topological polar surface area (TPSA) is 29.3 Å². The number of benzene rings is 2. The van der Waals surface area contributed by atoms with Crippen LogP contribution in [0.25, 0.3) is 0 Å². The standard InChI is InChI=1S/C16H18Cl2N2/c1-20(2)14-5-3-4-12(8-14)16(19)9-11-6-7-13(17)10-15(11)18/h3-8,10,16H,9,19H2,1-2H3. The van der Waals surface area contributed by atoms with Gasteiger partial charge >= 0.3 is 0 Å². The highest BCUT2D eigenvalue weighted by molar-refractivity contribution is 6.35. The van der Waals surface area contributed by atoms with Crippen molar-refractivity contribution in [1.82, 2.24) is 0 Å². The van der Waals surface area contributed by atoms with Crippen molar-refractivity contribution >= 4 is 28.9 Å². The van der Waals surface area contributed by atoms with Gasteiger partial charge in [-0.2, -0.15) is 0 Å². The van der Waals surface area contributed by atoms with E-state index in [1.54, 1.807) is 6.07 Å². The van der Waals surface area contributed by atoms with Crippen LogP contribution in [0, 0.1) is 0 Å². The predicted octanol–water partition coefficient (Wildman–Crippen LogP) is 4.30. The molecule has 0 saturated heterocycles. The van der Waals surface area contributed by atoms with E-state index < -0.39 is 0 Å². The molecular weight excluding hydrogens is 291 g/mol. The molecule has 106 valence electrons. The maximum Gasteiger partial charge on any atom is 0.0453 e. The summed E-state index contributed by atoms with van der Waals surface area (Å²) >= 11 is 12.1. The molecule has 0 fully saturated rings. The zero-order chi connectivity index (χ0) is 14.7. The molecule has 0 aliphatic heterocycles. The zero-order valence-corrected chi connectivity index (χ0v) is 13.1. The second-order valence-corrected chi connectivity index (χ2v) is 5.88. The summed E-state index contributed by atoms with van der Waals surface area (Å²) in [6.45, 7) is 0. The number of anilines is 1. The molecular formula is C16H18Cl2N2. The Labute approximate surface area is 130 Å². The van der Waals surface area contributed by atoms with E-state index >= 15 is 0 Å². The molecule has 0 radical (unpaired) electrons. The van der Waals surface area contributed by atoms with Crippen molar-refractivity contribution in [2.75, 3.05) is 19.0 Å². The Morgan fingerprint density at radius 2 is 1.85 bits per heavy atom. The normalized spacial score (nSPS) is 12.2. The monoisotopic (exact) mass is 308 g/mol. The van der Waals surface area contributed by atoms with E-state index in [4.69, 9.17) is 28.9 Å². The molecule has 0 bridgehead atoms. The Balaban J connectivity index is 2.19. The average Bonchev–Trinajstić information content (AvgIpc) is 2.42. The van der Waals surface area contributed by atoms with Gasteiger partial charge in [0.15, 0.2) is 0 Å². The van der Waals surface area contributed by atoms with Crippen molar-refractivity contribution in [3.8, 4) is 0 Å². The zero-order valence-electron chi connectivity index (χ0n) is 11.6. The Morgan fingerprint density at radius 3 is 2.50 bits per heavy atom. The summed E-state index contributed by atoms with van der Waals surface area (Å²) in [6, 6.07) is 13.7. The predicted molar refractivity (Wildman–Crippen MR) is 87.9 cm³/mol. The van der Waals surface area contributed by atoms with Gasteiger partial charge in [-0.05, 0) is 41.8 Å². The fourth-order valence-electron chi connectivity index (χ4n) is 2.08. The highest BCUT2D eigenvalue weighted by Crippen LogP contribution is 2.26. The number of nitrogens with zero attached hydrogens (tertiary/aromatic N) is 1. The summed E-state index contributed by atoms with van der Waals surface area (Å²) in [7, 11) is 4.03. The van der Waals surface area contributed by atoms with Crippen LogP contribution in [0.3, 0.4) is 0 Å². The summed E-state index contributed by atoms with van der Waals surface area (Å²) in [5, 5.41) is 1.30. The molecule has 2 aromatic carbocycles. The molecule has 2 N–H and O–H groups in total. The van der Waals surface area contributed by atoms with Gasteiger partial charge in [-0.15, -0.1) is 0 Å². The van der Waals surface area contributed by atoms with Gasteiger partial charge in [0.2, 0.25) is 0 Å². The molecule has 2 nitrogen and oxygen atoms in total. The molecule has 0 aliphatic rings. The highest BCUT2D eigenvalue weighted by atomic mass is 35.5. The van der Waals surface area contributed by atoms with Crippen molar-refractivity contribution in [1.29, 1.82) is 0 Å². The fourth-order valence-corrected chi connectivity index (χ4v) is 2.56. The van der Waals surface area contributed by atoms with Crippen LogP contribution in [0.15, 0.2) is 42.5 Å². The summed E-state index contributed by atoms with van der Waals surface area (Å²) in [4.78, 5) is 2.06. The number of nitrogens with two attached hydrogens (primary N) is 1. The Bertz CT molecular complexity index is 597. The number of hydrogen-bond acceptors (Lipinski definition) is 2. The van der Waals surface area contributed by atoms with Gasteiger partial charge in [0.05, 0.1) is 0 Å². The molecule has 0 aromatic heterocycles. The number of rotatable bonds is 4. The average molecular weight is 309 g/mol. The molecule has 2 rings (SSSR count). The molecule has 20 heavy (non-hydrogen) atoms. The van der Waals surface area contributed by atoms with Crippen LogP contribution < -0.4 is 10.6 Å². The Hall–Kier alpha value is -1.22. The molecule has 1 atom stereocenters. The van der Waals surface area contributed by atoms with Gasteiger partial charge in [0.1, 0.15) is 0 Å². The third-order valence-electron chi connectivity index (χ3n) is 3.27. The van der Waals surface area contributed by atoms with E-state index in [0.717, 1.165) is 16.8 Å². The summed E-state index contributed by atoms with van der Waals surface area (Å²) < 4.78 is 0. The lowest BCUT2D eigenvalue weighted by atomic mass is 9.99. The van der Waals surface area contributed by atoms with E-state index in [9.17, 15) is 0 Å². The van der Waals surface area contributed by atoms with E-state index in [0.29, 0.717) is 16.5 Å². The summed E-state index contributed by atoms with van der Waals surface area (Å²) in [5.41, 5.74) is 9.54. The van der Waals surface area contributed by atoms with Crippen LogP contribution in [0.5, 0.6) is 0 Å². The van der Waals surface area contributed by atoms with E-state index in [-0.39, 0.29) is 6.04 Å². The minimum Gasteiger partial charge on any atom is -0.378 e. The van der Waals surface area contributed by atoms with Crippen LogP contribution in [-0.2, 0) is 6.42 Å². The Morgan fingerprint density at radius 1 is 1.10 bits per heavy atom. The third-order valence-corrected chi connectivity index (χ3v) is 3.86. The SMILES string of the molecule is CN(C)c1cccc(C(N)Cc2ccc(Cl)cc2Cl)c1. The van der Waals surface area contributed by atoms with Gasteiger partial charge in [0.25, 0.3) is 0 Å². The number of hydrogen-bond donors (Lipinski definition) is 1. The molecule has 0 aliphatic carbocycles. The van der Waals surface area contributed by atoms with Crippen molar-refractivity contribution in [2.45, 2.75) is 12.5 Å². The summed E-state index contributed by atoms with van der Waals surface area (Å²) in [6.07, 6.45) is 0.687. The smallest absolute Gasteiger partial charge is 0.0453 e. The van der Waals surface area contributed by atoms with E-state index in [1.807, 2.05) is 38.4 Å². The minimum absolute atomic E-state index is 0.0893. The molecule has 4 heteroatoms. The largest absolute Gasteiger partial charge is 0.378 e. The van der Waals surface area contributed by atoms with Crippen LogP contribution in [0.1, 0.15) is 17.2 Å². The van der Waals surface area contributed by atoms with Crippen LogP contribution in [0.4, 0.5) is 5.69 Å². The van der Waals surface area contributed by atoms with Gasteiger partial charge in [-0.3, -0.25) is 0 Å². The molecule has 0 heterocycles. The van der Waals surface area contributed by atoms with Crippen molar-refractivity contribution in [3.05, 3.63) is 63.6 Å². The Kier molecular flexibility index (Phi) is 4.92. The first-order chi connectivity index (χ1) is 9.47. The summed E-state index contributed by atoms with van der Waals surface area (Å²) in [5.74, 6) is 0. The maximum atomic E-state index is 6.29. The second-order valence-electron chi connectivity index (χ2n) is 5.04.